The Kier molecular flexibility index (Phi) is 5.41. The van der Waals surface area contributed by atoms with E-state index in [2.05, 4.69) is 5.32 Å². The molecule has 1 aliphatic heterocycles. The number of sulfonamides is 1. The second-order valence-electron chi connectivity index (χ2n) is 6.55. The van der Waals surface area contributed by atoms with Gasteiger partial charge >= 0.3 is 0 Å². The van der Waals surface area contributed by atoms with Gasteiger partial charge in [0.1, 0.15) is 10.6 Å². The van der Waals surface area contributed by atoms with E-state index < -0.39 is 10.0 Å². The fourth-order valence-corrected chi connectivity index (χ4v) is 4.83. The Morgan fingerprint density at radius 3 is 2.54 bits per heavy atom. The highest BCUT2D eigenvalue weighted by molar-refractivity contribution is 7.89. The van der Waals surface area contributed by atoms with Gasteiger partial charge in [-0.3, -0.25) is 4.79 Å². The summed E-state index contributed by atoms with van der Waals surface area (Å²) >= 11 is 5.99. The Labute approximate surface area is 158 Å². The number of hydrogen-bond acceptors (Lipinski definition) is 3. The minimum Gasteiger partial charge on any atom is -0.345 e. The highest BCUT2D eigenvalue weighted by atomic mass is 35.5. The number of hydrogen-bond donors (Lipinski definition) is 1. The first-order valence-electron chi connectivity index (χ1n) is 8.53. The van der Waals surface area contributed by atoms with Crippen LogP contribution in [0.4, 0.5) is 5.69 Å². The Hall–Kier alpha value is -1.83. The van der Waals surface area contributed by atoms with Crippen molar-refractivity contribution in [1.82, 2.24) is 8.87 Å². The molecular weight excluding hydrogens is 374 g/mol. The minimum absolute atomic E-state index is 0.148. The van der Waals surface area contributed by atoms with Crippen LogP contribution in [0.2, 0.25) is 5.02 Å². The summed E-state index contributed by atoms with van der Waals surface area (Å²) in [6, 6.07) is 6.66. The molecule has 0 unspecified atom stereocenters. The summed E-state index contributed by atoms with van der Waals surface area (Å²) < 4.78 is 28.6. The number of rotatable bonds is 4. The fraction of sp³-hybridized carbons (Fsp3) is 0.389. The van der Waals surface area contributed by atoms with Crippen molar-refractivity contribution in [2.24, 2.45) is 7.05 Å². The molecular formula is C18H22ClN3O3S. The van der Waals surface area contributed by atoms with Gasteiger partial charge in [0.05, 0.1) is 0 Å². The second-order valence-corrected chi connectivity index (χ2v) is 8.92. The smallest absolute Gasteiger partial charge is 0.272 e. The van der Waals surface area contributed by atoms with Gasteiger partial charge in [0.2, 0.25) is 10.0 Å². The molecule has 0 saturated carbocycles. The summed E-state index contributed by atoms with van der Waals surface area (Å²) in [7, 11) is -1.91. The van der Waals surface area contributed by atoms with Gasteiger partial charge in [-0.25, -0.2) is 8.42 Å². The lowest BCUT2D eigenvalue weighted by Crippen LogP contribution is -2.35. The largest absolute Gasteiger partial charge is 0.345 e. The number of piperidine rings is 1. The zero-order valence-electron chi connectivity index (χ0n) is 14.8. The molecule has 0 spiro atoms. The Balaban J connectivity index is 1.85. The molecule has 0 aliphatic carbocycles. The van der Waals surface area contributed by atoms with E-state index in [1.807, 2.05) is 13.0 Å². The predicted molar refractivity (Wildman–Crippen MR) is 102 cm³/mol. The van der Waals surface area contributed by atoms with Gasteiger partial charge in [-0.15, -0.1) is 0 Å². The molecule has 0 bridgehead atoms. The third-order valence-corrected chi connectivity index (χ3v) is 6.71. The molecule has 1 N–H and O–H groups in total. The normalized spacial score (nSPS) is 15.8. The predicted octanol–water partition coefficient (Wildman–Crippen LogP) is 3.41. The lowest BCUT2D eigenvalue weighted by molar-refractivity contribution is 0.101. The van der Waals surface area contributed by atoms with Gasteiger partial charge in [0.15, 0.2) is 0 Å². The highest BCUT2D eigenvalue weighted by Crippen LogP contribution is 2.24. The number of carbonyl (C=O) groups is 1. The maximum atomic E-state index is 12.8. The van der Waals surface area contributed by atoms with Crippen molar-refractivity contribution in [3.8, 4) is 0 Å². The number of amides is 1. The number of aromatic nitrogens is 1. The number of nitrogens with one attached hydrogen (secondary N) is 1. The van der Waals surface area contributed by atoms with Gasteiger partial charge in [0, 0.05) is 37.0 Å². The van der Waals surface area contributed by atoms with E-state index in [-0.39, 0.29) is 16.5 Å². The number of nitrogens with zero attached hydrogens (tertiary/aromatic N) is 2. The van der Waals surface area contributed by atoms with Crippen molar-refractivity contribution >= 4 is 33.2 Å². The van der Waals surface area contributed by atoms with Gasteiger partial charge in [0.25, 0.3) is 5.91 Å². The van der Waals surface area contributed by atoms with Crippen molar-refractivity contribution in [2.45, 2.75) is 31.1 Å². The number of benzene rings is 1. The molecule has 2 aromatic rings. The van der Waals surface area contributed by atoms with E-state index in [1.54, 1.807) is 19.2 Å². The molecule has 8 heteroatoms. The molecule has 1 saturated heterocycles. The monoisotopic (exact) mass is 395 g/mol. The first-order valence-corrected chi connectivity index (χ1v) is 10.3. The van der Waals surface area contributed by atoms with Gasteiger partial charge in [-0.05, 0) is 43.5 Å². The van der Waals surface area contributed by atoms with Crippen LogP contribution in [0.5, 0.6) is 0 Å². The van der Waals surface area contributed by atoms with E-state index in [0.29, 0.717) is 23.8 Å². The first kappa shape index (κ1) is 18.9. The molecule has 0 atom stereocenters. The molecule has 1 aromatic carbocycles. The summed E-state index contributed by atoms with van der Waals surface area (Å²) in [6.45, 7) is 2.92. The third kappa shape index (κ3) is 3.79. The van der Waals surface area contributed by atoms with Crippen LogP contribution in [0, 0.1) is 6.92 Å². The topological polar surface area (TPSA) is 71.4 Å². The fourth-order valence-electron chi connectivity index (χ4n) is 3.07. The van der Waals surface area contributed by atoms with Crippen LogP contribution in [0.3, 0.4) is 0 Å². The Bertz CT molecular complexity index is 931. The van der Waals surface area contributed by atoms with Crippen molar-refractivity contribution in [3.05, 3.63) is 46.7 Å². The van der Waals surface area contributed by atoms with E-state index in [9.17, 15) is 13.2 Å². The van der Waals surface area contributed by atoms with E-state index in [0.717, 1.165) is 24.8 Å². The summed E-state index contributed by atoms with van der Waals surface area (Å²) in [5.74, 6) is -0.377. The molecule has 26 heavy (non-hydrogen) atoms. The van der Waals surface area contributed by atoms with Crippen LogP contribution in [0.25, 0.3) is 0 Å². The lowest BCUT2D eigenvalue weighted by Gasteiger charge is -2.25. The van der Waals surface area contributed by atoms with Crippen LogP contribution in [0.15, 0.2) is 35.4 Å². The van der Waals surface area contributed by atoms with E-state index in [1.165, 1.54) is 21.1 Å². The number of anilines is 1. The molecule has 1 amide bonds. The third-order valence-electron chi connectivity index (χ3n) is 4.61. The van der Waals surface area contributed by atoms with Crippen LogP contribution in [-0.4, -0.2) is 36.3 Å². The Morgan fingerprint density at radius 2 is 1.85 bits per heavy atom. The second kappa shape index (κ2) is 7.42. The van der Waals surface area contributed by atoms with Gasteiger partial charge < -0.3 is 9.88 Å². The standard InChI is InChI=1S/C18H22ClN3O3S/c1-13-6-7-14(19)10-16(13)20-18(23)17-11-15(12-21(17)2)26(24,25)22-8-4-3-5-9-22/h6-7,10-12H,3-5,8-9H2,1-2H3,(H,20,23). The van der Waals surface area contributed by atoms with Gasteiger partial charge in [-0.1, -0.05) is 24.1 Å². The number of halogens is 1. The Morgan fingerprint density at radius 1 is 1.15 bits per heavy atom. The lowest BCUT2D eigenvalue weighted by atomic mass is 10.2. The quantitative estimate of drug-likeness (QED) is 0.862. The van der Waals surface area contributed by atoms with Crippen molar-refractivity contribution in [2.75, 3.05) is 18.4 Å². The van der Waals surface area contributed by atoms with E-state index in [4.69, 9.17) is 11.6 Å². The molecule has 0 radical (unpaired) electrons. The van der Waals surface area contributed by atoms with Crippen LogP contribution in [0.1, 0.15) is 35.3 Å². The molecule has 3 rings (SSSR count). The molecule has 1 fully saturated rings. The summed E-state index contributed by atoms with van der Waals surface area (Å²) in [5, 5.41) is 3.32. The average molecular weight is 396 g/mol. The SMILES string of the molecule is Cc1ccc(Cl)cc1NC(=O)c1cc(S(=O)(=O)N2CCCCC2)cn1C. The molecule has 6 nitrogen and oxygen atoms in total. The average Bonchev–Trinajstić information content (AvgIpc) is 3.01. The number of aryl methyl sites for hydroxylation is 2. The van der Waals surface area contributed by atoms with Crippen LogP contribution >= 0.6 is 11.6 Å². The van der Waals surface area contributed by atoms with Crippen LogP contribution < -0.4 is 5.32 Å². The maximum Gasteiger partial charge on any atom is 0.272 e. The molecule has 1 aromatic heterocycles. The molecule has 140 valence electrons. The molecule has 1 aliphatic rings. The number of carbonyl (C=O) groups excluding carboxylic acids is 1. The van der Waals surface area contributed by atoms with Gasteiger partial charge in [-0.2, -0.15) is 4.31 Å². The minimum atomic E-state index is -3.57. The summed E-state index contributed by atoms with van der Waals surface area (Å²) in [6.07, 6.45) is 4.28. The van der Waals surface area contributed by atoms with Crippen molar-refractivity contribution < 1.29 is 13.2 Å². The zero-order valence-corrected chi connectivity index (χ0v) is 16.4. The first-order chi connectivity index (χ1) is 12.3. The van der Waals surface area contributed by atoms with Crippen molar-refractivity contribution in [1.29, 1.82) is 0 Å². The maximum absolute atomic E-state index is 12.8. The highest BCUT2D eigenvalue weighted by Gasteiger charge is 2.28. The molecule has 2 heterocycles. The van der Waals surface area contributed by atoms with Crippen molar-refractivity contribution in [3.63, 3.8) is 0 Å². The van der Waals surface area contributed by atoms with Crippen LogP contribution in [-0.2, 0) is 17.1 Å². The summed E-state index contributed by atoms with van der Waals surface area (Å²) in [4.78, 5) is 12.8. The summed E-state index contributed by atoms with van der Waals surface area (Å²) in [5.41, 5.74) is 1.75. The van der Waals surface area contributed by atoms with E-state index >= 15 is 0 Å². The zero-order chi connectivity index (χ0) is 18.9.